The number of alkyl halides is 2. The Kier molecular flexibility index (Phi) is 8.32. The minimum Gasteiger partial charge on any atom is -0.504 e. The average molecular weight is 409 g/mol. The van der Waals surface area contributed by atoms with Crippen LogP contribution in [0.4, 0.5) is 8.78 Å². The molecule has 0 fully saturated rings. The van der Waals surface area contributed by atoms with Gasteiger partial charge in [-0.2, -0.15) is 8.78 Å². The molecular formula is C20H25F2N3O4. The first-order chi connectivity index (χ1) is 14.0. The normalized spacial score (nSPS) is 11.3. The van der Waals surface area contributed by atoms with E-state index in [4.69, 9.17) is 9.47 Å². The molecule has 0 heterocycles. The number of halogens is 2. The van der Waals surface area contributed by atoms with E-state index in [1.165, 1.54) is 20.3 Å². The lowest BCUT2D eigenvalue weighted by molar-refractivity contribution is -0.0504. The number of rotatable bonds is 9. The highest BCUT2D eigenvalue weighted by Gasteiger charge is 2.12. The number of nitrogens with one attached hydrogen (secondary N) is 2. The zero-order valence-corrected chi connectivity index (χ0v) is 16.5. The van der Waals surface area contributed by atoms with Crippen molar-refractivity contribution in [2.75, 3.05) is 20.8 Å². The zero-order chi connectivity index (χ0) is 21.2. The van der Waals surface area contributed by atoms with Gasteiger partial charge in [0.2, 0.25) is 0 Å². The standard InChI is InChI=1S/C20H25F2N3O4/c1-4-23-20(24-11-13-6-5-7-17(28-3)18(13)26)25-12-14-10-15(27-2)8-9-16(14)29-19(21)22/h5-10,19,26H,4,11-12H2,1-3H3,(H2,23,24,25). The number of para-hydroxylation sites is 1. The summed E-state index contributed by atoms with van der Waals surface area (Å²) in [6.07, 6.45) is 0. The molecule has 29 heavy (non-hydrogen) atoms. The van der Waals surface area contributed by atoms with Crippen molar-refractivity contribution in [2.45, 2.75) is 26.6 Å². The van der Waals surface area contributed by atoms with Gasteiger partial charge in [0.25, 0.3) is 0 Å². The first kappa shape index (κ1) is 22.1. The molecule has 0 radical (unpaired) electrons. The summed E-state index contributed by atoms with van der Waals surface area (Å²) < 4.78 is 40.1. The van der Waals surface area contributed by atoms with Crippen LogP contribution in [0, 0.1) is 0 Å². The quantitative estimate of drug-likeness (QED) is 0.436. The number of aliphatic imine (C=N–C) groups is 1. The zero-order valence-electron chi connectivity index (χ0n) is 16.5. The molecule has 7 nitrogen and oxygen atoms in total. The Hall–Kier alpha value is -3.23. The summed E-state index contributed by atoms with van der Waals surface area (Å²) in [5, 5.41) is 16.3. The summed E-state index contributed by atoms with van der Waals surface area (Å²) in [4.78, 5) is 4.42. The van der Waals surface area contributed by atoms with Crippen molar-refractivity contribution in [1.29, 1.82) is 0 Å². The van der Waals surface area contributed by atoms with Crippen LogP contribution in [0.3, 0.4) is 0 Å². The third kappa shape index (κ3) is 6.41. The van der Waals surface area contributed by atoms with Gasteiger partial charge in [0.05, 0.1) is 20.8 Å². The van der Waals surface area contributed by atoms with Crippen molar-refractivity contribution in [3.05, 3.63) is 47.5 Å². The molecule has 0 aliphatic rings. The van der Waals surface area contributed by atoms with Crippen LogP contribution in [0.1, 0.15) is 18.1 Å². The summed E-state index contributed by atoms with van der Waals surface area (Å²) in [6.45, 7) is -0.0778. The monoisotopic (exact) mass is 409 g/mol. The van der Waals surface area contributed by atoms with Crippen molar-refractivity contribution < 1.29 is 28.1 Å². The smallest absolute Gasteiger partial charge is 0.387 e. The van der Waals surface area contributed by atoms with Crippen molar-refractivity contribution in [2.24, 2.45) is 4.99 Å². The lowest BCUT2D eigenvalue weighted by Crippen LogP contribution is -2.36. The van der Waals surface area contributed by atoms with Crippen LogP contribution < -0.4 is 24.8 Å². The summed E-state index contributed by atoms with van der Waals surface area (Å²) in [5.74, 6) is 1.40. The van der Waals surface area contributed by atoms with E-state index in [0.717, 1.165) is 0 Å². The maximum atomic E-state index is 12.7. The van der Waals surface area contributed by atoms with Crippen LogP contribution >= 0.6 is 0 Å². The number of methoxy groups -OCH3 is 2. The van der Waals surface area contributed by atoms with Crippen LogP contribution in [0.15, 0.2) is 41.4 Å². The summed E-state index contributed by atoms with van der Waals surface area (Å²) in [5.41, 5.74) is 1.07. The van der Waals surface area contributed by atoms with E-state index in [1.807, 2.05) is 6.92 Å². The molecule has 3 N–H and O–H groups in total. The molecular weight excluding hydrogens is 384 g/mol. The molecule has 0 saturated carbocycles. The van der Waals surface area contributed by atoms with Crippen molar-refractivity contribution in [1.82, 2.24) is 10.6 Å². The molecule has 158 valence electrons. The number of hydrogen-bond donors (Lipinski definition) is 3. The lowest BCUT2D eigenvalue weighted by atomic mass is 10.2. The van der Waals surface area contributed by atoms with Gasteiger partial charge >= 0.3 is 6.61 Å². The second-order valence-corrected chi connectivity index (χ2v) is 5.87. The maximum Gasteiger partial charge on any atom is 0.387 e. The second-order valence-electron chi connectivity index (χ2n) is 5.87. The first-order valence-corrected chi connectivity index (χ1v) is 8.97. The summed E-state index contributed by atoms with van der Waals surface area (Å²) in [6, 6.07) is 9.74. The van der Waals surface area contributed by atoms with E-state index in [1.54, 1.807) is 30.3 Å². The number of benzene rings is 2. The number of ether oxygens (including phenoxy) is 3. The van der Waals surface area contributed by atoms with Gasteiger partial charge in [0.1, 0.15) is 11.5 Å². The fraction of sp³-hybridized carbons (Fsp3) is 0.350. The predicted molar refractivity (Wildman–Crippen MR) is 106 cm³/mol. The van der Waals surface area contributed by atoms with Crippen LogP contribution in [-0.2, 0) is 13.1 Å². The molecule has 0 saturated heterocycles. The summed E-state index contributed by atoms with van der Waals surface area (Å²) in [7, 11) is 2.97. The minimum atomic E-state index is -2.94. The van der Waals surface area contributed by atoms with Gasteiger partial charge in [-0.15, -0.1) is 0 Å². The Morgan fingerprint density at radius 2 is 1.86 bits per heavy atom. The van der Waals surface area contributed by atoms with E-state index in [0.29, 0.717) is 35.1 Å². The van der Waals surface area contributed by atoms with E-state index in [2.05, 4.69) is 20.4 Å². The highest BCUT2D eigenvalue weighted by atomic mass is 19.3. The molecule has 0 atom stereocenters. The molecule has 9 heteroatoms. The molecule has 2 rings (SSSR count). The van der Waals surface area contributed by atoms with Gasteiger partial charge in [0.15, 0.2) is 17.5 Å². The van der Waals surface area contributed by atoms with Crippen molar-refractivity contribution >= 4 is 5.96 Å². The van der Waals surface area contributed by atoms with Gasteiger partial charge in [-0.05, 0) is 31.2 Å². The fourth-order valence-electron chi connectivity index (χ4n) is 2.58. The first-order valence-electron chi connectivity index (χ1n) is 8.97. The molecule has 0 unspecified atom stereocenters. The fourth-order valence-corrected chi connectivity index (χ4v) is 2.58. The Bertz CT molecular complexity index is 831. The van der Waals surface area contributed by atoms with E-state index >= 15 is 0 Å². The minimum absolute atomic E-state index is 0.0332. The second kappa shape index (κ2) is 10.9. The average Bonchev–Trinajstić information content (AvgIpc) is 2.71. The van der Waals surface area contributed by atoms with Gasteiger partial charge < -0.3 is 30.0 Å². The SMILES string of the molecule is CCNC(=NCc1cc(OC)ccc1OC(F)F)NCc1cccc(OC)c1O. The Morgan fingerprint density at radius 3 is 2.52 bits per heavy atom. The molecule has 0 bridgehead atoms. The van der Waals surface area contributed by atoms with E-state index < -0.39 is 6.61 Å². The molecule has 0 spiro atoms. The number of guanidine groups is 1. The largest absolute Gasteiger partial charge is 0.504 e. The lowest BCUT2D eigenvalue weighted by Gasteiger charge is -2.14. The topological polar surface area (TPSA) is 84.3 Å². The van der Waals surface area contributed by atoms with Crippen molar-refractivity contribution in [3.8, 4) is 23.0 Å². The molecule has 0 aromatic heterocycles. The molecule has 2 aromatic carbocycles. The van der Waals surface area contributed by atoms with Gasteiger partial charge in [0, 0.05) is 24.2 Å². The highest BCUT2D eigenvalue weighted by Crippen LogP contribution is 2.29. The van der Waals surface area contributed by atoms with Gasteiger partial charge in [-0.25, -0.2) is 4.99 Å². The Balaban J connectivity index is 2.17. The molecule has 0 aliphatic carbocycles. The molecule has 2 aromatic rings. The number of phenolic OH excluding ortho intramolecular Hbond substituents is 1. The molecule has 0 aliphatic heterocycles. The number of phenols is 1. The van der Waals surface area contributed by atoms with Crippen LogP contribution in [0.5, 0.6) is 23.0 Å². The summed E-state index contributed by atoms with van der Waals surface area (Å²) >= 11 is 0. The third-order valence-electron chi connectivity index (χ3n) is 3.98. The van der Waals surface area contributed by atoms with Crippen LogP contribution in [0.25, 0.3) is 0 Å². The van der Waals surface area contributed by atoms with E-state index in [9.17, 15) is 13.9 Å². The predicted octanol–water partition coefficient (Wildman–Crippen LogP) is 3.27. The van der Waals surface area contributed by atoms with Gasteiger partial charge in [-0.1, -0.05) is 12.1 Å². The number of nitrogens with zero attached hydrogens (tertiary/aromatic N) is 1. The van der Waals surface area contributed by atoms with Crippen LogP contribution in [-0.4, -0.2) is 38.4 Å². The number of aromatic hydroxyl groups is 1. The highest BCUT2D eigenvalue weighted by molar-refractivity contribution is 5.79. The third-order valence-corrected chi connectivity index (χ3v) is 3.98. The molecule has 0 amide bonds. The van der Waals surface area contributed by atoms with Crippen molar-refractivity contribution in [3.63, 3.8) is 0 Å². The maximum absolute atomic E-state index is 12.7. The Labute approximate surface area is 168 Å². The Morgan fingerprint density at radius 1 is 1.07 bits per heavy atom. The number of hydrogen-bond acceptors (Lipinski definition) is 5. The van der Waals surface area contributed by atoms with E-state index in [-0.39, 0.29) is 24.6 Å². The van der Waals surface area contributed by atoms with Crippen LogP contribution in [0.2, 0.25) is 0 Å². The van der Waals surface area contributed by atoms with Gasteiger partial charge in [-0.3, -0.25) is 0 Å².